The third kappa shape index (κ3) is 2.41. The molecule has 15 heavy (non-hydrogen) atoms. The number of halogens is 2. The van der Waals surface area contributed by atoms with E-state index in [2.05, 4.69) is 0 Å². The highest BCUT2D eigenvalue weighted by atomic mass is 19.3. The first-order chi connectivity index (χ1) is 6.81. The molecule has 0 radical (unpaired) electrons. The second-order valence-electron chi connectivity index (χ2n) is 4.81. The molecule has 0 heterocycles. The lowest BCUT2D eigenvalue weighted by molar-refractivity contribution is -0.140. The molecule has 0 N–H and O–H groups in total. The molecule has 0 aromatic rings. The molecule has 0 aromatic carbocycles. The Morgan fingerprint density at radius 2 is 1.87 bits per heavy atom. The standard InChI is InChI=1S/C11H16F2O2/c1-4-6(9(15)10(12)13)8(14)7-5-11(7,2)3/h6-7,10H,4-5H2,1-3H3. The lowest BCUT2D eigenvalue weighted by Crippen LogP contribution is -2.30. The van der Waals surface area contributed by atoms with Crippen LogP contribution in [0.4, 0.5) is 8.78 Å². The van der Waals surface area contributed by atoms with E-state index in [-0.39, 0.29) is 23.5 Å². The SMILES string of the molecule is CCC(C(=O)C(F)F)C(=O)C1CC1(C)C. The molecule has 1 saturated carbocycles. The first kappa shape index (κ1) is 12.3. The van der Waals surface area contributed by atoms with Gasteiger partial charge in [-0.25, -0.2) is 8.78 Å². The van der Waals surface area contributed by atoms with Crippen molar-refractivity contribution in [3.63, 3.8) is 0 Å². The summed E-state index contributed by atoms with van der Waals surface area (Å²) in [5, 5.41) is 0. The maximum Gasteiger partial charge on any atom is 0.296 e. The molecule has 1 rings (SSSR count). The van der Waals surface area contributed by atoms with Crippen molar-refractivity contribution in [3.05, 3.63) is 0 Å². The van der Waals surface area contributed by atoms with E-state index in [1.165, 1.54) is 0 Å². The summed E-state index contributed by atoms with van der Waals surface area (Å²) < 4.78 is 24.4. The Hall–Kier alpha value is -0.800. The summed E-state index contributed by atoms with van der Waals surface area (Å²) in [6.45, 7) is 5.42. The second kappa shape index (κ2) is 3.99. The van der Waals surface area contributed by atoms with Crippen molar-refractivity contribution in [2.24, 2.45) is 17.3 Å². The van der Waals surface area contributed by atoms with E-state index in [4.69, 9.17) is 0 Å². The van der Waals surface area contributed by atoms with Crippen LogP contribution >= 0.6 is 0 Å². The lowest BCUT2D eigenvalue weighted by Gasteiger charge is -2.12. The lowest BCUT2D eigenvalue weighted by atomic mass is 9.91. The van der Waals surface area contributed by atoms with Gasteiger partial charge in [-0.1, -0.05) is 20.8 Å². The molecule has 0 aromatic heterocycles. The smallest absolute Gasteiger partial charge is 0.296 e. The number of ketones is 2. The Kier molecular flexibility index (Phi) is 3.26. The Balaban J connectivity index is 2.68. The maximum atomic E-state index is 12.2. The number of hydrogen-bond acceptors (Lipinski definition) is 2. The third-order valence-electron chi connectivity index (χ3n) is 3.17. The number of Topliss-reactive ketones (excluding diaryl/α,β-unsaturated/α-hetero) is 2. The van der Waals surface area contributed by atoms with Crippen molar-refractivity contribution in [1.29, 1.82) is 0 Å². The van der Waals surface area contributed by atoms with Crippen LogP contribution in [-0.2, 0) is 9.59 Å². The Morgan fingerprint density at radius 3 is 2.13 bits per heavy atom. The second-order valence-corrected chi connectivity index (χ2v) is 4.81. The summed E-state index contributed by atoms with van der Waals surface area (Å²) in [6.07, 6.45) is -2.14. The van der Waals surface area contributed by atoms with E-state index in [0.29, 0.717) is 6.42 Å². The number of rotatable bonds is 5. The van der Waals surface area contributed by atoms with Crippen LogP contribution in [0.5, 0.6) is 0 Å². The molecular weight excluding hydrogens is 202 g/mol. The fourth-order valence-corrected chi connectivity index (χ4v) is 1.89. The molecular formula is C11H16F2O2. The average Bonchev–Trinajstić information content (AvgIpc) is 2.75. The van der Waals surface area contributed by atoms with Crippen LogP contribution in [0, 0.1) is 17.3 Å². The van der Waals surface area contributed by atoms with Crippen molar-refractivity contribution >= 4 is 11.6 Å². The number of hydrogen-bond donors (Lipinski definition) is 0. The predicted octanol–water partition coefficient (Wildman–Crippen LogP) is 2.46. The van der Waals surface area contributed by atoms with E-state index < -0.39 is 18.1 Å². The van der Waals surface area contributed by atoms with Crippen LogP contribution in [0.2, 0.25) is 0 Å². The first-order valence-electron chi connectivity index (χ1n) is 5.17. The largest absolute Gasteiger partial charge is 0.299 e. The van der Waals surface area contributed by atoms with Gasteiger partial charge in [0.1, 0.15) is 5.78 Å². The van der Waals surface area contributed by atoms with Gasteiger partial charge in [0.05, 0.1) is 5.92 Å². The van der Waals surface area contributed by atoms with Crippen molar-refractivity contribution in [3.8, 4) is 0 Å². The molecule has 2 atom stereocenters. The van der Waals surface area contributed by atoms with Gasteiger partial charge in [0.25, 0.3) is 6.43 Å². The quantitative estimate of drug-likeness (QED) is 0.664. The molecule has 0 amide bonds. The van der Waals surface area contributed by atoms with Crippen LogP contribution < -0.4 is 0 Å². The molecule has 2 nitrogen and oxygen atoms in total. The summed E-state index contributed by atoms with van der Waals surface area (Å²) in [5.74, 6) is -2.82. The Bertz CT molecular complexity index is 284. The van der Waals surface area contributed by atoms with Crippen molar-refractivity contribution < 1.29 is 18.4 Å². The molecule has 0 saturated heterocycles. The fraction of sp³-hybridized carbons (Fsp3) is 0.818. The van der Waals surface area contributed by atoms with Crippen LogP contribution in [0.3, 0.4) is 0 Å². The van der Waals surface area contributed by atoms with E-state index >= 15 is 0 Å². The fourth-order valence-electron chi connectivity index (χ4n) is 1.89. The number of carbonyl (C=O) groups is 2. The highest BCUT2D eigenvalue weighted by molar-refractivity contribution is 6.05. The van der Waals surface area contributed by atoms with Crippen molar-refractivity contribution in [2.45, 2.75) is 40.0 Å². The molecule has 1 fully saturated rings. The van der Waals surface area contributed by atoms with Gasteiger partial charge in [0.2, 0.25) is 5.78 Å². The zero-order valence-corrected chi connectivity index (χ0v) is 9.22. The van der Waals surface area contributed by atoms with Gasteiger partial charge in [-0.3, -0.25) is 9.59 Å². The third-order valence-corrected chi connectivity index (χ3v) is 3.17. The average molecular weight is 218 g/mol. The van der Waals surface area contributed by atoms with Crippen LogP contribution in [-0.4, -0.2) is 18.0 Å². The zero-order valence-electron chi connectivity index (χ0n) is 9.22. The molecule has 0 spiro atoms. The van der Waals surface area contributed by atoms with Gasteiger partial charge in [-0.05, 0) is 18.3 Å². The monoisotopic (exact) mass is 218 g/mol. The topological polar surface area (TPSA) is 34.1 Å². The molecule has 86 valence electrons. The maximum absolute atomic E-state index is 12.2. The first-order valence-corrected chi connectivity index (χ1v) is 5.17. The highest BCUT2D eigenvalue weighted by Crippen LogP contribution is 2.53. The van der Waals surface area contributed by atoms with Gasteiger partial charge in [-0.15, -0.1) is 0 Å². The molecule has 2 unspecified atom stereocenters. The molecule has 4 heteroatoms. The minimum absolute atomic E-state index is 0.104. The van der Waals surface area contributed by atoms with Crippen LogP contribution in [0.1, 0.15) is 33.6 Å². The molecule has 1 aliphatic carbocycles. The minimum atomic E-state index is -3.03. The van der Waals surface area contributed by atoms with Crippen molar-refractivity contribution in [1.82, 2.24) is 0 Å². The molecule has 1 aliphatic rings. The van der Waals surface area contributed by atoms with Crippen LogP contribution in [0.25, 0.3) is 0 Å². The van der Waals surface area contributed by atoms with Gasteiger partial charge < -0.3 is 0 Å². The molecule has 0 bridgehead atoms. The van der Waals surface area contributed by atoms with E-state index in [1.54, 1.807) is 6.92 Å². The normalized spacial score (nSPS) is 25.1. The number of carbonyl (C=O) groups excluding carboxylic acids is 2. The minimum Gasteiger partial charge on any atom is -0.299 e. The highest BCUT2D eigenvalue weighted by Gasteiger charge is 2.53. The number of alkyl halides is 2. The zero-order chi connectivity index (χ0) is 11.8. The van der Waals surface area contributed by atoms with E-state index in [9.17, 15) is 18.4 Å². The molecule has 0 aliphatic heterocycles. The summed E-state index contributed by atoms with van der Waals surface area (Å²) in [5.41, 5.74) is -0.104. The van der Waals surface area contributed by atoms with Gasteiger partial charge in [0.15, 0.2) is 0 Å². The summed E-state index contributed by atoms with van der Waals surface area (Å²) >= 11 is 0. The predicted molar refractivity (Wildman–Crippen MR) is 51.7 cm³/mol. The van der Waals surface area contributed by atoms with Gasteiger partial charge in [0, 0.05) is 5.92 Å². The van der Waals surface area contributed by atoms with Gasteiger partial charge >= 0.3 is 0 Å². The summed E-state index contributed by atoms with van der Waals surface area (Å²) in [6, 6.07) is 0. The van der Waals surface area contributed by atoms with E-state index in [0.717, 1.165) is 0 Å². The summed E-state index contributed by atoms with van der Waals surface area (Å²) in [4.78, 5) is 22.8. The Labute approximate surface area is 88.0 Å². The van der Waals surface area contributed by atoms with Gasteiger partial charge in [-0.2, -0.15) is 0 Å². The van der Waals surface area contributed by atoms with E-state index in [1.807, 2.05) is 13.8 Å². The van der Waals surface area contributed by atoms with Crippen LogP contribution in [0.15, 0.2) is 0 Å². The Morgan fingerprint density at radius 1 is 1.40 bits per heavy atom. The van der Waals surface area contributed by atoms with Crippen molar-refractivity contribution in [2.75, 3.05) is 0 Å². The summed E-state index contributed by atoms with van der Waals surface area (Å²) in [7, 11) is 0.